The predicted molar refractivity (Wildman–Crippen MR) is 121 cm³/mol. The van der Waals surface area contributed by atoms with Crippen LogP contribution >= 0.6 is 0 Å². The Kier molecular flexibility index (Phi) is 6.93. The Morgan fingerprint density at radius 1 is 0.970 bits per heavy atom. The van der Waals surface area contributed by atoms with Crippen LogP contribution in [0.3, 0.4) is 0 Å². The first-order chi connectivity index (χ1) is 15.9. The van der Waals surface area contributed by atoms with Gasteiger partial charge in [0.25, 0.3) is 0 Å². The summed E-state index contributed by atoms with van der Waals surface area (Å²) in [6.07, 6.45) is 0.811. The number of rotatable bonds is 7. The van der Waals surface area contributed by atoms with E-state index in [1.807, 2.05) is 48.5 Å². The minimum atomic E-state index is -1.30. The second kappa shape index (κ2) is 10.0. The van der Waals surface area contributed by atoms with E-state index in [1.54, 1.807) is 0 Å². The second-order valence-corrected chi connectivity index (χ2v) is 8.59. The fourth-order valence-corrected chi connectivity index (χ4v) is 4.73. The van der Waals surface area contributed by atoms with E-state index in [0.717, 1.165) is 35.1 Å². The second-order valence-electron chi connectivity index (χ2n) is 8.59. The van der Waals surface area contributed by atoms with Crippen LogP contribution in [0, 0.1) is 0 Å². The number of carboxylic acids is 1. The Hall–Kier alpha value is -3.39. The quantitative estimate of drug-likeness (QED) is 0.512. The number of hydrogen-bond acceptors (Lipinski definition) is 5. The Morgan fingerprint density at radius 2 is 1.58 bits per heavy atom. The van der Waals surface area contributed by atoms with Gasteiger partial charge >= 0.3 is 12.1 Å². The fourth-order valence-electron chi connectivity index (χ4n) is 4.73. The van der Waals surface area contributed by atoms with E-state index in [9.17, 15) is 24.6 Å². The van der Waals surface area contributed by atoms with Crippen LogP contribution in [0.4, 0.5) is 4.79 Å². The van der Waals surface area contributed by atoms with Crippen molar-refractivity contribution < 1.29 is 29.3 Å². The van der Waals surface area contributed by atoms with Crippen LogP contribution in [0.15, 0.2) is 48.5 Å². The number of aliphatic hydroxyl groups is 1. The topological polar surface area (TPSA) is 125 Å². The molecule has 2 aromatic carbocycles. The van der Waals surface area contributed by atoms with Gasteiger partial charge in [-0.2, -0.15) is 0 Å². The molecule has 2 amide bonds. The summed E-state index contributed by atoms with van der Waals surface area (Å²) in [5, 5.41) is 24.4. The van der Waals surface area contributed by atoms with Crippen molar-refractivity contribution in [3.63, 3.8) is 0 Å². The molecular weight excluding hydrogens is 424 g/mol. The highest BCUT2D eigenvalue weighted by molar-refractivity contribution is 5.89. The smallest absolute Gasteiger partial charge is 0.407 e. The van der Waals surface area contributed by atoms with Crippen LogP contribution in [-0.2, 0) is 14.3 Å². The maximum atomic E-state index is 12.7. The molecule has 4 N–H and O–H groups in total. The number of fused-ring (bicyclic) bond motifs is 3. The average molecular weight is 453 g/mol. The largest absolute Gasteiger partial charge is 0.481 e. The minimum Gasteiger partial charge on any atom is -0.481 e. The maximum Gasteiger partial charge on any atom is 0.407 e. The summed E-state index contributed by atoms with van der Waals surface area (Å²) in [5.74, 6) is -2.01. The van der Waals surface area contributed by atoms with Crippen molar-refractivity contribution in [2.24, 2.45) is 0 Å². The normalized spacial score (nSPS) is 20.3. The molecule has 174 valence electrons. The van der Waals surface area contributed by atoms with Gasteiger partial charge in [-0.3, -0.25) is 9.59 Å². The first-order valence-corrected chi connectivity index (χ1v) is 11.3. The van der Waals surface area contributed by atoms with Crippen molar-refractivity contribution in [1.82, 2.24) is 10.6 Å². The van der Waals surface area contributed by atoms with E-state index in [1.165, 1.54) is 0 Å². The van der Waals surface area contributed by atoms with Gasteiger partial charge in [0, 0.05) is 5.92 Å². The molecule has 2 aromatic rings. The summed E-state index contributed by atoms with van der Waals surface area (Å²) < 4.78 is 5.44. The molecule has 33 heavy (non-hydrogen) atoms. The molecule has 0 heterocycles. The molecule has 2 aliphatic rings. The molecule has 3 atom stereocenters. The van der Waals surface area contributed by atoms with Crippen molar-refractivity contribution in [1.29, 1.82) is 0 Å². The van der Waals surface area contributed by atoms with Crippen LogP contribution in [0.25, 0.3) is 11.1 Å². The molecule has 0 aromatic heterocycles. The van der Waals surface area contributed by atoms with Crippen LogP contribution in [0.1, 0.15) is 49.1 Å². The number of hydrogen-bond donors (Lipinski definition) is 4. The molecule has 4 rings (SSSR count). The zero-order valence-corrected chi connectivity index (χ0v) is 18.2. The van der Waals surface area contributed by atoms with Gasteiger partial charge in [0.1, 0.15) is 12.6 Å². The van der Waals surface area contributed by atoms with Crippen LogP contribution in [0.5, 0.6) is 0 Å². The number of amides is 2. The number of nitrogens with one attached hydrogen (secondary N) is 2. The lowest BCUT2D eigenvalue weighted by Crippen LogP contribution is -2.53. The third kappa shape index (κ3) is 5.17. The molecule has 1 fully saturated rings. The Labute approximate surface area is 192 Å². The number of carbonyl (C=O) groups is 3. The molecule has 0 radical (unpaired) electrons. The van der Waals surface area contributed by atoms with E-state index in [4.69, 9.17) is 4.74 Å². The lowest BCUT2D eigenvalue weighted by Gasteiger charge is -2.29. The molecule has 0 spiro atoms. The molecule has 8 nitrogen and oxygen atoms in total. The van der Waals surface area contributed by atoms with Crippen LogP contribution in [-0.4, -0.2) is 53.0 Å². The van der Waals surface area contributed by atoms with Crippen molar-refractivity contribution in [2.45, 2.75) is 56.2 Å². The maximum absolute atomic E-state index is 12.7. The molecule has 8 heteroatoms. The molecule has 0 saturated heterocycles. The molecule has 0 bridgehead atoms. The number of ether oxygens (including phenoxy) is 1. The number of carboxylic acid groups (broad SMARTS) is 1. The number of aliphatic carboxylic acids is 1. The molecule has 2 aliphatic carbocycles. The first kappa shape index (κ1) is 22.8. The summed E-state index contributed by atoms with van der Waals surface area (Å²) in [5.41, 5.74) is 4.29. The fraction of sp³-hybridized carbons (Fsp3) is 0.400. The summed E-state index contributed by atoms with van der Waals surface area (Å²) >= 11 is 0. The van der Waals surface area contributed by atoms with Gasteiger partial charge in [-0.15, -0.1) is 0 Å². The number of aliphatic hydroxyl groups excluding tert-OH is 1. The summed E-state index contributed by atoms with van der Waals surface area (Å²) in [4.78, 5) is 36.5. The number of carbonyl (C=O) groups excluding carboxylic acids is 2. The monoisotopic (exact) mass is 452 g/mol. The SMILES string of the molecule is O=C(O)CC(NC(=O)OCC1c2ccccc2-c2ccccc21)C(=O)N[C@@H]1CCCC[C@H]1O. The first-order valence-electron chi connectivity index (χ1n) is 11.3. The third-order valence-electron chi connectivity index (χ3n) is 6.39. The Bertz CT molecular complexity index is 994. The number of alkyl carbamates (subject to hydrolysis) is 1. The van der Waals surface area contributed by atoms with Gasteiger partial charge in [-0.05, 0) is 35.1 Å². The zero-order chi connectivity index (χ0) is 23.4. The highest BCUT2D eigenvalue weighted by Gasteiger charge is 2.32. The highest BCUT2D eigenvalue weighted by atomic mass is 16.5. The lowest BCUT2D eigenvalue weighted by atomic mass is 9.92. The number of benzene rings is 2. The third-order valence-corrected chi connectivity index (χ3v) is 6.39. The Morgan fingerprint density at radius 3 is 2.18 bits per heavy atom. The highest BCUT2D eigenvalue weighted by Crippen LogP contribution is 2.44. The van der Waals surface area contributed by atoms with Gasteiger partial charge in [0.15, 0.2) is 0 Å². The van der Waals surface area contributed by atoms with Gasteiger partial charge < -0.3 is 25.6 Å². The van der Waals surface area contributed by atoms with E-state index >= 15 is 0 Å². The van der Waals surface area contributed by atoms with E-state index < -0.39 is 42.6 Å². The summed E-state index contributed by atoms with van der Waals surface area (Å²) in [6, 6.07) is 14.1. The summed E-state index contributed by atoms with van der Waals surface area (Å²) in [7, 11) is 0. The van der Waals surface area contributed by atoms with Crippen molar-refractivity contribution in [2.75, 3.05) is 6.61 Å². The van der Waals surface area contributed by atoms with Crippen molar-refractivity contribution in [3.05, 3.63) is 59.7 Å². The zero-order valence-electron chi connectivity index (χ0n) is 18.2. The van der Waals surface area contributed by atoms with Gasteiger partial charge in [-0.1, -0.05) is 61.4 Å². The lowest BCUT2D eigenvalue weighted by molar-refractivity contribution is -0.140. The Balaban J connectivity index is 1.40. The predicted octanol–water partition coefficient (Wildman–Crippen LogP) is 2.79. The van der Waals surface area contributed by atoms with Crippen molar-refractivity contribution in [3.8, 4) is 11.1 Å². The molecule has 1 saturated carbocycles. The average Bonchev–Trinajstić information content (AvgIpc) is 3.12. The standard InChI is InChI=1S/C25H28N2O6/c28-22-12-6-5-11-20(22)26-24(31)21(13-23(29)30)27-25(32)33-14-19-17-9-3-1-7-15(17)16-8-2-4-10-18(16)19/h1-4,7-10,19-22,28H,5-6,11-14H2,(H,26,31)(H,27,32)(H,29,30)/t20-,21?,22-/m1/s1. The van der Waals surface area contributed by atoms with Crippen molar-refractivity contribution >= 4 is 18.0 Å². The van der Waals surface area contributed by atoms with Crippen LogP contribution in [0.2, 0.25) is 0 Å². The van der Waals surface area contributed by atoms with E-state index in [2.05, 4.69) is 10.6 Å². The minimum absolute atomic E-state index is 0.0581. The molecule has 0 aliphatic heterocycles. The molecular formula is C25H28N2O6. The molecule has 1 unspecified atom stereocenters. The van der Waals surface area contributed by atoms with E-state index in [-0.39, 0.29) is 12.5 Å². The summed E-state index contributed by atoms with van der Waals surface area (Å²) in [6.45, 7) is 0.0581. The van der Waals surface area contributed by atoms with Gasteiger partial charge in [-0.25, -0.2) is 4.79 Å². The van der Waals surface area contributed by atoms with Gasteiger partial charge in [0.2, 0.25) is 5.91 Å². The van der Waals surface area contributed by atoms with Crippen LogP contribution < -0.4 is 10.6 Å². The van der Waals surface area contributed by atoms with Gasteiger partial charge in [0.05, 0.1) is 18.6 Å². The van der Waals surface area contributed by atoms with E-state index in [0.29, 0.717) is 12.8 Å².